The van der Waals surface area contributed by atoms with Crippen molar-refractivity contribution in [2.45, 2.75) is 31.7 Å². The van der Waals surface area contributed by atoms with E-state index in [0.717, 1.165) is 18.6 Å². The highest BCUT2D eigenvalue weighted by atomic mass is 16.5. The molecule has 3 nitrogen and oxygen atoms in total. The number of nitrogens with one attached hydrogen (secondary N) is 1. The monoisotopic (exact) mass is 212 g/mol. The van der Waals surface area contributed by atoms with Crippen LogP contribution in [0.15, 0.2) is 0 Å². The molecule has 0 aliphatic carbocycles. The van der Waals surface area contributed by atoms with Crippen LogP contribution in [0.3, 0.4) is 0 Å². The van der Waals surface area contributed by atoms with Crippen molar-refractivity contribution in [2.24, 2.45) is 5.92 Å². The van der Waals surface area contributed by atoms with E-state index in [-0.39, 0.29) is 0 Å². The van der Waals surface area contributed by atoms with E-state index in [0.29, 0.717) is 0 Å². The van der Waals surface area contributed by atoms with Gasteiger partial charge in [-0.15, -0.1) is 0 Å². The van der Waals surface area contributed by atoms with E-state index in [2.05, 4.69) is 10.2 Å². The molecule has 0 aromatic heterocycles. The van der Waals surface area contributed by atoms with Gasteiger partial charge in [0.25, 0.3) is 0 Å². The van der Waals surface area contributed by atoms with Crippen LogP contribution in [0.1, 0.15) is 25.7 Å². The van der Waals surface area contributed by atoms with Crippen LogP contribution in [-0.2, 0) is 4.74 Å². The van der Waals surface area contributed by atoms with Gasteiger partial charge in [-0.1, -0.05) is 0 Å². The first-order valence-corrected chi connectivity index (χ1v) is 6.34. The maximum atomic E-state index is 5.27. The predicted molar refractivity (Wildman–Crippen MR) is 62.1 cm³/mol. The molecule has 2 aliphatic rings. The first-order chi connectivity index (χ1) is 7.40. The molecule has 2 fully saturated rings. The predicted octanol–water partition coefficient (Wildman–Crippen LogP) is 1.10. The molecule has 2 rings (SSSR count). The number of ether oxygens (including phenoxy) is 1. The van der Waals surface area contributed by atoms with Gasteiger partial charge in [-0.3, -0.25) is 4.90 Å². The second kappa shape index (κ2) is 5.83. The third-order valence-electron chi connectivity index (χ3n) is 3.74. The second-order valence-electron chi connectivity index (χ2n) is 4.96. The maximum absolute atomic E-state index is 5.27. The topological polar surface area (TPSA) is 24.5 Å². The van der Waals surface area contributed by atoms with Crippen LogP contribution >= 0.6 is 0 Å². The van der Waals surface area contributed by atoms with Crippen molar-refractivity contribution < 1.29 is 4.74 Å². The van der Waals surface area contributed by atoms with Gasteiger partial charge in [0.15, 0.2) is 0 Å². The first-order valence-electron chi connectivity index (χ1n) is 6.34. The summed E-state index contributed by atoms with van der Waals surface area (Å²) in [6, 6.07) is 0.790. The van der Waals surface area contributed by atoms with Crippen LogP contribution < -0.4 is 5.32 Å². The lowest BCUT2D eigenvalue weighted by molar-refractivity contribution is 0.0608. The lowest BCUT2D eigenvalue weighted by Crippen LogP contribution is -2.50. The van der Waals surface area contributed by atoms with E-state index in [9.17, 15) is 0 Å². The molecule has 2 atom stereocenters. The van der Waals surface area contributed by atoms with Crippen LogP contribution in [-0.4, -0.2) is 50.8 Å². The Hall–Kier alpha value is -0.120. The highest BCUT2D eigenvalue weighted by molar-refractivity contribution is 4.82. The Kier molecular flexibility index (Phi) is 4.42. The summed E-state index contributed by atoms with van der Waals surface area (Å²) in [4.78, 5) is 2.68. The van der Waals surface area contributed by atoms with Gasteiger partial charge in [0, 0.05) is 26.2 Å². The zero-order valence-electron chi connectivity index (χ0n) is 9.87. The molecule has 15 heavy (non-hydrogen) atoms. The number of methoxy groups -OCH3 is 1. The van der Waals surface area contributed by atoms with Crippen molar-refractivity contribution >= 4 is 0 Å². The summed E-state index contributed by atoms with van der Waals surface area (Å²) in [5, 5.41) is 3.51. The van der Waals surface area contributed by atoms with Gasteiger partial charge in [-0.2, -0.15) is 0 Å². The number of hydrogen-bond donors (Lipinski definition) is 1. The van der Waals surface area contributed by atoms with Crippen molar-refractivity contribution in [3.05, 3.63) is 0 Å². The van der Waals surface area contributed by atoms with Crippen molar-refractivity contribution in [1.82, 2.24) is 10.2 Å². The molecule has 2 heterocycles. The molecule has 0 amide bonds. The fourth-order valence-electron chi connectivity index (χ4n) is 2.95. The maximum Gasteiger partial charge on any atom is 0.0502 e. The van der Waals surface area contributed by atoms with E-state index < -0.39 is 0 Å². The number of hydrogen-bond acceptors (Lipinski definition) is 3. The molecule has 1 N–H and O–H groups in total. The highest BCUT2D eigenvalue weighted by Crippen LogP contribution is 2.21. The Morgan fingerprint density at radius 2 is 2.27 bits per heavy atom. The lowest BCUT2D eigenvalue weighted by atomic mass is 9.95. The van der Waals surface area contributed by atoms with Crippen LogP contribution in [0, 0.1) is 5.92 Å². The van der Waals surface area contributed by atoms with Crippen LogP contribution in [0.5, 0.6) is 0 Å². The molecule has 0 radical (unpaired) electrons. The minimum absolute atomic E-state index is 0.769. The van der Waals surface area contributed by atoms with E-state index in [1.165, 1.54) is 51.9 Å². The average Bonchev–Trinajstić information content (AvgIpc) is 2.31. The molecule has 3 heteroatoms. The Labute approximate surface area is 93.2 Å². The van der Waals surface area contributed by atoms with Crippen molar-refractivity contribution in [3.63, 3.8) is 0 Å². The van der Waals surface area contributed by atoms with E-state index in [1.54, 1.807) is 0 Å². The van der Waals surface area contributed by atoms with Crippen molar-refractivity contribution in [1.29, 1.82) is 0 Å². The van der Waals surface area contributed by atoms with Crippen LogP contribution in [0.25, 0.3) is 0 Å². The SMILES string of the molecule is COCC1CCCN(C2CCCNC2)C1. The fraction of sp³-hybridized carbons (Fsp3) is 1.00. The summed E-state index contributed by atoms with van der Waals surface area (Å²) in [5.41, 5.74) is 0. The number of likely N-dealkylation sites (tertiary alicyclic amines) is 1. The lowest BCUT2D eigenvalue weighted by Gasteiger charge is -2.40. The Balaban J connectivity index is 1.80. The minimum atomic E-state index is 0.769. The molecule has 0 spiro atoms. The molecule has 2 saturated heterocycles. The van der Waals surface area contributed by atoms with E-state index >= 15 is 0 Å². The summed E-state index contributed by atoms with van der Waals surface area (Å²) >= 11 is 0. The molecule has 88 valence electrons. The normalized spacial score (nSPS) is 34.2. The van der Waals surface area contributed by atoms with Gasteiger partial charge in [-0.05, 0) is 44.7 Å². The van der Waals surface area contributed by atoms with Crippen LogP contribution in [0.2, 0.25) is 0 Å². The summed E-state index contributed by atoms with van der Waals surface area (Å²) in [5.74, 6) is 0.769. The fourth-order valence-corrected chi connectivity index (χ4v) is 2.95. The second-order valence-corrected chi connectivity index (χ2v) is 4.96. The Bertz CT molecular complexity index is 178. The van der Waals surface area contributed by atoms with Crippen molar-refractivity contribution in [2.75, 3.05) is 39.9 Å². The number of rotatable bonds is 3. The van der Waals surface area contributed by atoms with Crippen molar-refractivity contribution in [3.8, 4) is 0 Å². The first kappa shape index (κ1) is 11.4. The third-order valence-corrected chi connectivity index (χ3v) is 3.74. The summed E-state index contributed by atoms with van der Waals surface area (Å²) in [6.07, 6.45) is 5.43. The third kappa shape index (κ3) is 3.16. The molecule has 0 saturated carbocycles. The van der Waals surface area contributed by atoms with E-state index in [4.69, 9.17) is 4.74 Å². The van der Waals surface area contributed by atoms with Gasteiger partial charge >= 0.3 is 0 Å². The summed E-state index contributed by atoms with van der Waals surface area (Å²) < 4.78 is 5.27. The van der Waals surface area contributed by atoms with Crippen LogP contribution in [0.4, 0.5) is 0 Å². The zero-order chi connectivity index (χ0) is 10.5. The average molecular weight is 212 g/mol. The van der Waals surface area contributed by atoms with Gasteiger partial charge in [0.1, 0.15) is 0 Å². The molecular formula is C12H24N2O. The smallest absolute Gasteiger partial charge is 0.0502 e. The van der Waals surface area contributed by atoms with Gasteiger partial charge in [0.2, 0.25) is 0 Å². The van der Waals surface area contributed by atoms with Gasteiger partial charge in [0.05, 0.1) is 6.61 Å². The standard InChI is InChI=1S/C12H24N2O/c1-15-10-11-4-3-7-14(9-11)12-5-2-6-13-8-12/h11-13H,2-10H2,1H3. The van der Waals surface area contributed by atoms with E-state index in [1.807, 2.05) is 7.11 Å². The zero-order valence-corrected chi connectivity index (χ0v) is 9.87. The molecular weight excluding hydrogens is 188 g/mol. The quantitative estimate of drug-likeness (QED) is 0.758. The van der Waals surface area contributed by atoms with Gasteiger partial charge < -0.3 is 10.1 Å². The molecule has 2 unspecified atom stereocenters. The number of nitrogens with zero attached hydrogens (tertiary/aromatic N) is 1. The summed E-state index contributed by atoms with van der Waals surface area (Å²) in [7, 11) is 1.82. The minimum Gasteiger partial charge on any atom is -0.384 e. The summed E-state index contributed by atoms with van der Waals surface area (Å²) in [6.45, 7) is 5.90. The molecule has 0 aromatic rings. The molecule has 2 aliphatic heterocycles. The highest BCUT2D eigenvalue weighted by Gasteiger charge is 2.26. The van der Waals surface area contributed by atoms with Gasteiger partial charge in [-0.25, -0.2) is 0 Å². The Morgan fingerprint density at radius 3 is 3.00 bits per heavy atom. The molecule has 0 aromatic carbocycles. The molecule has 0 bridgehead atoms. The largest absolute Gasteiger partial charge is 0.384 e. The number of piperidine rings is 2. The Morgan fingerprint density at radius 1 is 1.33 bits per heavy atom.